The second-order valence-electron chi connectivity index (χ2n) is 4.75. The molecule has 0 saturated heterocycles. The molecule has 1 aliphatic rings. The van der Waals surface area contributed by atoms with Crippen molar-refractivity contribution in [3.8, 4) is 0 Å². The van der Waals surface area contributed by atoms with Gasteiger partial charge in [-0.2, -0.15) is 0 Å². The van der Waals surface area contributed by atoms with E-state index in [0.717, 1.165) is 4.90 Å². The van der Waals surface area contributed by atoms with Gasteiger partial charge in [0.1, 0.15) is 0 Å². The monoisotopic (exact) mass is 296 g/mol. The van der Waals surface area contributed by atoms with Gasteiger partial charge in [-0.3, -0.25) is 9.59 Å². The predicted molar refractivity (Wildman–Crippen MR) is 80.5 cm³/mol. The number of nitrogens with one attached hydrogen (secondary N) is 1. The third kappa shape index (κ3) is 1.85. The summed E-state index contributed by atoms with van der Waals surface area (Å²) in [5.41, 5.74) is 1.08. The standard InChI is InChI=1S/C16H12N2O4/c1-17-13-11(16(21)22)7-4-8-12(13)18-14(19)9-5-2-3-6-10(9)15(18)20/h2-8,17H,1H3,(H,21,22). The number of hydrogen-bond acceptors (Lipinski definition) is 4. The molecule has 0 aliphatic carbocycles. The second kappa shape index (κ2) is 5.00. The highest BCUT2D eigenvalue weighted by Gasteiger charge is 2.37. The van der Waals surface area contributed by atoms with Crippen LogP contribution in [0.15, 0.2) is 42.5 Å². The van der Waals surface area contributed by atoms with Gasteiger partial charge in [-0.1, -0.05) is 18.2 Å². The number of amides is 2. The summed E-state index contributed by atoms with van der Waals surface area (Å²) in [5, 5.41) is 12.0. The van der Waals surface area contributed by atoms with E-state index in [4.69, 9.17) is 0 Å². The first-order chi connectivity index (χ1) is 10.6. The van der Waals surface area contributed by atoms with Crippen molar-refractivity contribution in [3.05, 3.63) is 59.2 Å². The van der Waals surface area contributed by atoms with Crippen LogP contribution in [0, 0.1) is 0 Å². The van der Waals surface area contributed by atoms with Gasteiger partial charge in [-0.15, -0.1) is 0 Å². The van der Waals surface area contributed by atoms with E-state index in [1.54, 1.807) is 37.4 Å². The molecule has 2 amide bonds. The van der Waals surface area contributed by atoms with Gasteiger partial charge in [-0.25, -0.2) is 9.69 Å². The molecule has 2 N–H and O–H groups in total. The van der Waals surface area contributed by atoms with Crippen molar-refractivity contribution in [3.63, 3.8) is 0 Å². The maximum Gasteiger partial charge on any atom is 0.337 e. The van der Waals surface area contributed by atoms with Gasteiger partial charge in [0, 0.05) is 7.05 Å². The van der Waals surface area contributed by atoms with Gasteiger partial charge >= 0.3 is 5.97 Å². The molecule has 3 rings (SSSR count). The van der Waals surface area contributed by atoms with Crippen LogP contribution in [0.25, 0.3) is 0 Å². The van der Waals surface area contributed by atoms with E-state index in [0.29, 0.717) is 11.1 Å². The number of fused-ring (bicyclic) bond motifs is 1. The molecule has 0 saturated carbocycles. The first-order valence-electron chi connectivity index (χ1n) is 6.58. The molecule has 2 aromatic carbocycles. The van der Waals surface area contributed by atoms with Crippen LogP contribution in [-0.2, 0) is 0 Å². The van der Waals surface area contributed by atoms with E-state index in [1.807, 2.05) is 0 Å². The number of carbonyl (C=O) groups is 3. The first-order valence-corrected chi connectivity index (χ1v) is 6.58. The van der Waals surface area contributed by atoms with E-state index < -0.39 is 17.8 Å². The lowest BCUT2D eigenvalue weighted by Gasteiger charge is -2.19. The highest BCUT2D eigenvalue weighted by atomic mass is 16.4. The van der Waals surface area contributed by atoms with Crippen LogP contribution in [0.4, 0.5) is 11.4 Å². The third-order valence-corrected chi connectivity index (χ3v) is 3.56. The Morgan fingerprint density at radius 1 is 1.00 bits per heavy atom. The average Bonchev–Trinajstić information content (AvgIpc) is 2.78. The SMILES string of the molecule is CNc1c(C(=O)O)cccc1N1C(=O)c2ccccc2C1=O. The molecule has 6 nitrogen and oxygen atoms in total. The van der Waals surface area contributed by atoms with Crippen molar-refractivity contribution >= 4 is 29.2 Å². The minimum absolute atomic E-state index is 0.00319. The molecule has 1 aliphatic heterocycles. The number of hydrogen-bond donors (Lipinski definition) is 2. The fraction of sp³-hybridized carbons (Fsp3) is 0.0625. The van der Waals surface area contributed by atoms with Crippen LogP contribution in [-0.4, -0.2) is 29.9 Å². The minimum Gasteiger partial charge on any atom is -0.478 e. The molecule has 0 radical (unpaired) electrons. The van der Waals surface area contributed by atoms with Crippen LogP contribution in [0.1, 0.15) is 31.1 Å². The fourth-order valence-corrected chi connectivity index (χ4v) is 2.58. The van der Waals surface area contributed by atoms with Crippen LogP contribution in [0.3, 0.4) is 0 Å². The Morgan fingerprint density at radius 3 is 2.09 bits per heavy atom. The minimum atomic E-state index is -1.14. The summed E-state index contributed by atoms with van der Waals surface area (Å²) in [6.45, 7) is 0. The summed E-state index contributed by atoms with van der Waals surface area (Å²) in [6, 6.07) is 11.0. The largest absolute Gasteiger partial charge is 0.478 e. The lowest BCUT2D eigenvalue weighted by Crippen LogP contribution is -2.30. The number of para-hydroxylation sites is 1. The molecule has 0 atom stereocenters. The van der Waals surface area contributed by atoms with Gasteiger partial charge in [-0.05, 0) is 24.3 Å². The Hall–Kier alpha value is -3.15. The number of carboxylic acid groups (broad SMARTS) is 1. The van der Waals surface area contributed by atoms with Crippen LogP contribution >= 0.6 is 0 Å². The molecule has 0 unspecified atom stereocenters. The summed E-state index contributed by atoms with van der Waals surface area (Å²) < 4.78 is 0. The number of benzene rings is 2. The predicted octanol–water partition coefficient (Wildman–Crippen LogP) is 2.23. The number of anilines is 2. The zero-order valence-electron chi connectivity index (χ0n) is 11.7. The molecule has 22 heavy (non-hydrogen) atoms. The maximum absolute atomic E-state index is 12.5. The van der Waals surface area contributed by atoms with Gasteiger partial charge < -0.3 is 10.4 Å². The third-order valence-electron chi connectivity index (χ3n) is 3.56. The summed E-state index contributed by atoms with van der Waals surface area (Å²) in [6.07, 6.45) is 0. The molecule has 0 fully saturated rings. The number of carbonyl (C=O) groups excluding carboxylic acids is 2. The Kier molecular flexibility index (Phi) is 3.14. The highest BCUT2D eigenvalue weighted by Crippen LogP contribution is 2.35. The van der Waals surface area contributed by atoms with Crippen LogP contribution < -0.4 is 10.2 Å². The van der Waals surface area contributed by atoms with E-state index in [-0.39, 0.29) is 16.9 Å². The van der Waals surface area contributed by atoms with Gasteiger partial charge in [0.05, 0.1) is 28.1 Å². The summed E-state index contributed by atoms with van der Waals surface area (Å²) in [5.74, 6) is -2.05. The molecule has 6 heteroatoms. The topological polar surface area (TPSA) is 86.7 Å². The van der Waals surface area contributed by atoms with Crippen molar-refractivity contribution in [2.45, 2.75) is 0 Å². The Balaban J connectivity index is 2.18. The Labute approximate surface area is 126 Å². The molecular formula is C16H12N2O4. The summed E-state index contributed by atoms with van der Waals surface area (Å²) in [4.78, 5) is 37.3. The molecule has 2 aromatic rings. The number of nitrogens with zero attached hydrogens (tertiary/aromatic N) is 1. The van der Waals surface area contributed by atoms with Crippen molar-refractivity contribution in [2.24, 2.45) is 0 Å². The number of imide groups is 1. The van der Waals surface area contributed by atoms with E-state index in [2.05, 4.69) is 5.32 Å². The van der Waals surface area contributed by atoms with Crippen LogP contribution in [0.5, 0.6) is 0 Å². The van der Waals surface area contributed by atoms with Crippen molar-refractivity contribution < 1.29 is 19.5 Å². The van der Waals surface area contributed by atoms with E-state index >= 15 is 0 Å². The summed E-state index contributed by atoms with van der Waals surface area (Å²) >= 11 is 0. The fourth-order valence-electron chi connectivity index (χ4n) is 2.58. The maximum atomic E-state index is 12.5. The normalized spacial score (nSPS) is 13.2. The smallest absolute Gasteiger partial charge is 0.337 e. The van der Waals surface area contributed by atoms with Gasteiger partial charge in [0.2, 0.25) is 0 Å². The Bertz CT molecular complexity index is 779. The van der Waals surface area contributed by atoms with Crippen molar-refractivity contribution in [2.75, 3.05) is 17.3 Å². The first kappa shape index (κ1) is 13.8. The second-order valence-corrected chi connectivity index (χ2v) is 4.75. The molecule has 0 bridgehead atoms. The van der Waals surface area contributed by atoms with Gasteiger partial charge in [0.15, 0.2) is 0 Å². The lowest BCUT2D eigenvalue weighted by atomic mass is 10.1. The van der Waals surface area contributed by atoms with Crippen molar-refractivity contribution in [1.29, 1.82) is 0 Å². The van der Waals surface area contributed by atoms with Crippen LogP contribution in [0.2, 0.25) is 0 Å². The number of carboxylic acids is 1. The molecule has 0 aromatic heterocycles. The van der Waals surface area contributed by atoms with Gasteiger partial charge in [0.25, 0.3) is 11.8 Å². The number of aromatic carboxylic acids is 1. The molecule has 1 heterocycles. The van der Waals surface area contributed by atoms with E-state index in [9.17, 15) is 19.5 Å². The number of rotatable bonds is 3. The van der Waals surface area contributed by atoms with Crippen molar-refractivity contribution in [1.82, 2.24) is 0 Å². The zero-order chi connectivity index (χ0) is 15.9. The van der Waals surface area contributed by atoms with E-state index in [1.165, 1.54) is 12.1 Å². The highest BCUT2D eigenvalue weighted by molar-refractivity contribution is 6.35. The zero-order valence-corrected chi connectivity index (χ0v) is 11.7. The Morgan fingerprint density at radius 2 is 1.59 bits per heavy atom. The molecule has 0 spiro atoms. The lowest BCUT2D eigenvalue weighted by molar-refractivity contribution is 0.0696. The molecular weight excluding hydrogens is 284 g/mol. The average molecular weight is 296 g/mol. The molecule has 110 valence electrons. The summed E-state index contributed by atoms with van der Waals surface area (Å²) in [7, 11) is 1.55. The quantitative estimate of drug-likeness (QED) is 0.848.